The summed E-state index contributed by atoms with van der Waals surface area (Å²) in [4.78, 5) is 12.6. The summed E-state index contributed by atoms with van der Waals surface area (Å²) >= 11 is 0. The number of benzene rings is 1. The van der Waals surface area contributed by atoms with Gasteiger partial charge in [0.25, 0.3) is 0 Å². The summed E-state index contributed by atoms with van der Waals surface area (Å²) in [5.41, 5.74) is 2.12. The first-order chi connectivity index (χ1) is 8.79. The average Bonchev–Trinajstić information content (AvgIpc) is 2.40. The summed E-state index contributed by atoms with van der Waals surface area (Å²) in [6.07, 6.45) is 3.39. The third kappa shape index (κ3) is 1.59. The van der Waals surface area contributed by atoms with Gasteiger partial charge >= 0.3 is 0 Å². The van der Waals surface area contributed by atoms with Gasteiger partial charge in [0.15, 0.2) is 0 Å². The van der Waals surface area contributed by atoms with Crippen LogP contribution < -0.4 is 0 Å². The van der Waals surface area contributed by atoms with Crippen LogP contribution in [0.1, 0.15) is 5.69 Å². The lowest BCUT2D eigenvalue weighted by molar-refractivity contribution is 0.481. The van der Waals surface area contributed by atoms with Gasteiger partial charge in [0.2, 0.25) is 0 Å². The number of phenolic OH excluding ortho intramolecular Hbond substituents is 1. The van der Waals surface area contributed by atoms with E-state index < -0.39 is 0 Å². The minimum atomic E-state index is 0.164. The lowest BCUT2D eigenvalue weighted by Crippen LogP contribution is -1.90. The molecule has 0 aliphatic heterocycles. The number of aromatic nitrogens is 2. The molecule has 1 aromatic carbocycles. The Balaban J connectivity index is 2.44. The van der Waals surface area contributed by atoms with Crippen molar-refractivity contribution in [3.63, 3.8) is 0 Å². The molecular formula is C14H11N3O. The molecule has 3 rings (SSSR count). The Hall–Kier alpha value is -2.49. The molecule has 0 bridgehead atoms. The fraction of sp³-hybridized carbons (Fsp3) is 0.0714. The molecule has 4 heteroatoms. The van der Waals surface area contributed by atoms with Crippen LogP contribution in [0.3, 0.4) is 0 Å². The molecular weight excluding hydrogens is 226 g/mol. The fourth-order valence-electron chi connectivity index (χ4n) is 2.04. The molecule has 0 aliphatic carbocycles. The van der Waals surface area contributed by atoms with Gasteiger partial charge in [0, 0.05) is 30.2 Å². The smallest absolute Gasteiger partial charge is 0.142 e. The zero-order chi connectivity index (χ0) is 12.5. The Morgan fingerprint density at radius 2 is 2.11 bits per heavy atom. The van der Waals surface area contributed by atoms with Crippen LogP contribution in [0.4, 0.5) is 0 Å². The molecule has 2 aromatic heterocycles. The molecule has 3 aromatic rings. The van der Waals surface area contributed by atoms with E-state index in [1.165, 1.54) is 0 Å². The standard InChI is InChI=1S/C14H11N3O/c1-15-8-10-4-5-11-13-9(3-2-6-16-13)7-12(18)14(11)17-10/h2-8,18H,1H3/b15-8+. The first kappa shape index (κ1) is 10.7. The third-order valence-corrected chi connectivity index (χ3v) is 2.81. The second kappa shape index (κ2) is 4.07. The molecule has 0 saturated heterocycles. The van der Waals surface area contributed by atoms with E-state index >= 15 is 0 Å². The van der Waals surface area contributed by atoms with E-state index in [-0.39, 0.29) is 5.75 Å². The number of hydrogen-bond donors (Lipinski definition) is 1. The number of fused-ring (bicyclic) bond motifs is 3. The maximum atomic E-state index is 10.0. The lowest BCUT2D eigenvalue weighted by Gasteiger charge is -2.05. The molecule has 0 saturated carbocycles. The molecule has 1 N–H and O–H groups in total. The van der Waals surface area contributed by atoms with Crippen LogP contribution in [0.2, 0.25) is 0 Å². The van der Waals surface area contributed by atoms with Gasteiger partial charge in [-0.05, 0) is 24.3 Å². The molecule has 0 radical (unpaired) electrons. The van der Waals surface area contributed by atoms with Gasteiger partial charge in [-0.3, -0.25) is 9.98 Å². The minimum absolute atomic E-state index is 0.164. The summed E-state index contributed by atoms with van der Waals surface area (Å²) in [5, 5.41) is 11.8. The van der Waals surface area contributed by atoms with Gasteiger partial charge in [-0.15, -0.1) is 0 Å². The van der Waals surface area contributed by atoms with Crippen LogP contribution in [-0.4, -0.2) is 28.3 Å². The number of aromatic hydroxyl groups is 1. The van der Waals surface area contributed by atoms with Crippen molar-refractivity contribution in [3.8, 4) is 5.75 Å². The second-order valence-electron chi connectivity index (χ2n) is 3.99. The van der Waals surface area contributed by atoms with Crippen LogP contribution in [-0.2, 0) is 0 Å². The summed E-state index contributed by atoms with van der Waals surface area (Å²) in [6.45, 7) is 0. The summed E-state index contributed by atoms with van der Waals surface area (Å²) < 4.78 is 0. The highest BCUT2D eigenvalue weighted by molar-refractivity contribution is 6.07. The average molecular weight is 237 g/mol. The van der Waals surface area contributed by atoms with Crippen molar-refractivity contribution in [3.05, 3.63) is 42.2 Å². The summed E-state index contributed by atoms with van der Waals surface area (Å²) in [5.74, 6) is 0.164. The Morgan fingerprint density at radius 3 is 2.94 bits per heavy atom. The number of rotatable bonds is 1. The predicted octanol–water partition coefficient (Wildman–Crippen LogP) is 2.54. The van der Waals surface area contributed by atoms with Crippen LogP contribution >= 0.6 is 0 Å². The largest absolute Gasteiger partial charge is 0.506 e. The number of pyridine rings is 2. The van der Waals surface area contributed by atoms with E-state index in [0.717, 1.165) is 22.0 Å². The highest BCUT2D eigenvalue weighted by Gasteiger charge is 2.08. The number of phenols is 1. The second-order valence-corrected chi connectivity index (χ2v) is 3.99. The van der Waals surface area contributed by atoms with Crippen molar-refractivity contribution in [2.24, 2.45) is 4.99 Å². The van der Waals surface area contributed by atoms with Gasteiger partial charge in [-0.2, -0.15) is 0 Å². The first-order valence-electron chi connectivity index (χ1n) is 5.59. The molecule has 0 fully saturated rings. The molecule has 0 atom stereocenters. The van der Waals surface area contributed by atoms with Crippen LogP contribution in [0.5, 0.6) is 5.75 Å². The SMILES string of the molecule is C/N=C/c1ccc2c(n1)c(O)cc1cccnc12. The number of nitrogens with zero attached hydrogens (tertiary/aromatic N) is 3. The normalized spacial score (nSPS) is 11.6. The Kier molecular flexibility index (Phi) is 2.41. The van der Waals surface area contributed by atoms with Gasteiger partial charge in [-0.1, -0.05) is 6.07 Å². The lowest BCUT2D eigenvalue weighted by atomic mass is 10.1. The van der Waals surface area contributed by atoms with Crippen molar-refractivity contribution >= 4 is 28.0 Å². The summed E-state index contributed by atoms with van der Waals surface area (Å²) in [7, 11) is 1.69. The van der Waals surface area contributed by atoms with Gasteiger partial charge in [0.1, 0.15) is 11.3 Å². The van der Waals surface area contributed by atoms with Crippen molar-refractivity contribution in [1.82, 2.24) is 9.97 Å². The minimum Gasteiger partial charge on any atom is -0.506 e. The van der Waals surface area contributed by atoms with Crippen molar-refractivity contribution in [1.29, 1.82) is 0 Å². The molecule has 2 heterocycles. The summed E-state index contributed by atoms with van der Waals surface area (Å²) in [6, 6.07) is 9.23. The predicted molar refractivity (Wildman–Crippen MR) is 72.2 cm³/mol. The fourth-order valence-corrected chi connectivity index (χ4v) is 2.04. The number of aliphatic imine (C=N–C) groups is 1. The van der Waals surface area contributed by atoms with E-state index in [2.05, 4.69) is 15.0 Å². The number of hydrogen-bond acceptors (Lipinski definition) is 4. The van der Waals surface area contributed by atoms with E-state index in [1.54, 1.807) is 25.5 Å². The van der Waals surface area contributed by atoms with Gasteiger partial charge < -0.3 is 5.11 Å². The molecule has 4 nitrogen and oxygen atoms in total. The topological polar surface area (TPSA) is 58.4 Å². The molecule has 0 aliphatic rings. The highest BCUT2D eigenvalue weighted by atomic mass is 16.3. The van der Waals surface area contributed by atoms with Crippen LogP contribution in [0.25, 0.3) is 21.8 Å². The van der Waals surface area contributed by atoms with Crippen molar-refractivity contribution in [2.45, 2.75) is 0 Å². The molecule has 0 spiro atoms. The maximum Gasteiger partial charge on any atom is 0.142 e. The highest BCUT2D eigenvalue weighted by Crippen LogP contribution is 2.29. The molecule has 88 valence electrons. The van der Waals surface area contributed by atoms with Gasteiger partial charge in [-0.25, -0.2) is 4.98 Å². The zero-order valence-corrected chi connectivity index (χ0v) is 9.83. The van der Waals surface area contributed by atoms with E-state index in [1.807, 2.05) is 24.3 Å². The van der Waals surface area contributed by atoms with Crippen molar-refractivity contribution in [2.75, 3.05) is 7.05 Å². The Morgan fingerprint density at radius 1 is 1.22 bits per heavy atom. The van der Waals surface area contributed by atoms with E-state index in [0.29, 0.717) is 5.52 Å². The zero-order valence-electron chi connectivity index (χ0n) is 9.83. The van der Waals surface area contributed by atoms with E-state index in [4.69, 9.17) is 0 Å². The Bertz CT molecular complexity index is 765. The third-order valence-electron chi connectivity index (χ3n) is 2.81. The molecule has 18 heavy (non-hydrogen) atoms. The van der Waals surface area contributed by atoms with Crippen LogP contribution in [0.15, 0.2) is 41.5 Å². The van der Waals surface area contributed by atoms with Crippen LogP contribution in [0, 0.1) is 0 Å². The molecule has 0 amide bonds. The van der Waals surface area contributed by atoms with E-state index in [9.17, 15) is 5.11 Å². The quantitative estimate of drug-likeness (QED) is 0.522. The van der Waals surface area contributed by atoms with Crippen molar-refractivity contribution < 1.29 is 5.11 Å². The molecule has 0 unspecified atom stereocenters. The maximum absolute atomic E-state index is 10.0. The monoisotopic (exact) mass is 237 g/mol. The van der Waals surface area contributed by atoms with Gasteiger partial charge in [0.05, 0.1) is 11.2 Å². The Labute approximate surface area is 104 Å². The first-order valence-corrected chi connectivity index (χ1v) is 5.59.